The van der Waals surface area contributed by atoms with Crippen LogP contribution in [-0.2, 0) is 22.8 Å². The molecule has 1 aliphatic carbocycles. The van der Waals surface area contributed by atoms with Crippen molar-refractivity contribution in [3.63, 3.8) is 0 Å². The Kier molecular flexibility index (Phi) is 23.6. The van der Waals surface area contributed by atoms with E-state index < -0.39 is 0 Å². The molecule has 1 aliphatic rings. The Balaban J connectivity index is -0.000000141. The van der Waals surface area contributed by atoms with Gasteiger partial charge in [-0.3, -0.25) is 10.4 Å². The fourth-order valence-corrected chi connectivity index (χ4v) is 0.340. The van der Waals surface area contributed by atoms with Gasteiger partial charge in [0.2, 0.25) is 0 Å². The molecule has 0 bridgehead atoms. The summed E-state index contributed by atoms with van der Waals surface area (Å²) in [5, 5.41) is 0. The molecule has 0 aromatic heterocycles. The van der Waals surface area contributed by atoms with Crippen LogP contribution in [0.5, 0.6) is 0 Å². The largest absolute Gasteiger partial charge is 0.276 e. The number of hydrogen-bond donors (Lipinski definition) is 0. The maximum atomic E-state index is 4.84. The SMILES string of the molecule is CC(C)OCl.C[Si](C)C.[C-]1=CC=CC1.[V]. The fourth-order valence-electron chi connectivity index (χ4n) is 0.340. The predicted octanol–water partition coefficient (Wildman–Crippen LogP) is 4.24. The molecule has 2 radical (unpaired) electrons. The van der Waals surface area contributed by atoms with Gasteiger partial charge < -0.3 is 0 Å². The first kappa shape index (κ1) is 20.9. The van der Waals surface area contributed by atoms with Crippen LogP contribution in [0.15, 0.2) is 18.2 Å². The summed E-state index contributed by atoms with van der Waals surface area (Å²) in [5.41, 5.74) is 0. The zero-order chi connectivity index (χ0) is 11.4. The van der Waals surface area contributed by atoms with Crippen LogP contribution in [0.2, 0.25) is 19.6 Å². The summed E-state index contributed by atoms with van der Waals surface area (Å²) in [6.45, 7) is 10.5. The number of hydrogen-bond acceptors (Lipinski definition) is 1. The van der Waals surface area contributed by atoms with E-state index in [1.807, 2.05) is 26.0 Å². The molecule has 15 heavy (non-hydrogen) atoms. The molecule has 0 aromatic carbocycles. The average molecular weight is 284 g/mol. The van der Waals surface area contributed by atoms with Gasteiger partial charge in [-0.25, -0.2) is 12.2 Å². The van der Waals surface area contributed by atoms with Crippen molar-refractivity contribution in [1.29, 1.82) is 0 Å². The monoisotopic (exact) mass is 283 g/mol. The molecule has 0 spiro atoms. The van der Waals surface area contributed by atoms with Crippen LogP contribution >= 0.6 is 11.9 Å². The van der Waals surface area contributed by atoms with Gasteiger partial charge in [0.25, 0.3) is 0 Å². The molecule has 1 rings (SSSR count). The molecule has 0 N–H and O–H groups in total. The standard InChI is InChI=1S/C5H5.C3H7ClO.C3H9Si.V/c1-2-4-5-3-1;1-3(2)5-4;1-4(2)3;/h1-3H,4H2;3H,1-2H3;1-3H3;/q-1;;;. The first-order valence-corrected chi connectivity index (χ1v) is 8.07. The number of halogens is 1. The number of allylic oxidation sites excluding steroid dienone is 4. The summed E-state index contributed by atoms with van der Waals surface area (Å²) < 4.78 is 4.22. The van der Waals surface area contributed by atoms with E-state index in [4.69, 9.17) is 11.9 Å². The molecule has 0 aromatic rings. The van der Waals surface area contributed by atoms with Crippen molar-refractivity contribution in [2.45, 2.75) is 46.0 Å². The van der Waals surface area contributed by atoms with Crippen LogP contribution < -0.4 is 0 Å². The van der Waals surface area contributed by atoms with Crippen molar-refractivity contribution in [1.82, 2.24) is 0 Å². The van der Waals surface area contributed by atoms with Crippen molar-refractivity contribution in [2.24, 2.45) is 0 Å². The van der Waals surface area contributed by atoms with E-state index in [2.05, 4.69) is 36.1 Å². The smallest absolute Gasteiger partial charge is 0.0734 e. The molecule has 0 heterocycles. The van der Waals surface area contributed by atoms with Crippen LogP contribution in [0.25, 0.3) is 0 Å². The maximum absolute atomic E-state index is 4.84. The normalized spacial score (nSPS) is 11.5. The summed E-state index contributed by atoms with van der Waals surface area (Å²) >= 11 is 4.84. The minimum absolute atomic E-state index is 0. The molecule has 1 nitrogen and oxygen atoms in total. The second kappa shape index (κ2) is 16.9. The first-order valence-electron chi connectivity index (χ1n) is 4.76. The van der Waals surface area contributed by atoms with E-state index in [9.17, 15) is 0 Å². The minimum Gasteiger partial charge on any atom is -0.276 e. The second-order valence-corrected chi connectivity index (χ2v) is 6.82. The summed E-state index contributed by atoms with van der Waals surface area (Å²) in [4.78, 5) is 0. The van der Waals surface area contributed by atoms with Gasteiger partial charge in [0.15, 0.2) is 0 Å². The van der Waals surface area contributed by atoms with Crippen LogP contribution in [-0.4, -0.2) is 14.9 Å². The van der Waals surface area contributed by atoms with Crippen LogP contribution in [0.3, 0.4) is 0 Å². The van der Waals surface area contributed by atoms with Gasteiger partial charge in [0.05, 0.1) is 18.0 Å². The molecule has 0 amide bonds. The molecular formula is C11H21ClOSiV-. The van der Waals surface area contributed by atoms with Crippen molar-refractivity contribution in [2.75, 3.05) is 0 Å². The third-order valence-electron chi connectivity index (χ3n) is 0.764. The van der Waals surface area contributed by atoms with E-state index in [0.717, 1.165) is 6.42 Å². The molecule has 0 saturated heterocycles. The topological polar surface area (TPSA) is 9.23 Å². The molecule has 0 fully saturated rings. The zero-order valence-electron chi connectivity index (χ0n) is 10.2. The first-order chi connectivity index (χ1) is 6.50. The van der Waals surface area contributed by atoms with Gasteiger partial charge in [0, 0.05) is 27.4 Å². The van der Waals surface area contributed by atoms with Crippen LogP contribution in [0.4, 0.5) is 0 Å². The maximum Gasteiger partial charge on any atom is 0.0734 e. The Morgan fingerprint density at radius 2 is 1.73 bits per heavy atom. The van der Waals surface area contributed by atoms with Gasteiger partial charge in [-0.05, 0) is 13.8 Å². The summed E-state index contributed by atoms with van der Waals surface area (Å²) in [5.74, 6) is 0. The van der Waals surface area contributed by atoms with Gasteiger partial charge in [-0.15, -0.1) is 6.42 Å². The van der Waals surface area contributed by atoms with Gasteiger partial charge in [-0.2, -0.15) is 6.08 Å². The Bertz CT molecular complexity index is 146. The Morgan fingerprint density at radius 3 is 1.80 bits per heavy atom. The molecule has 4 heteroatoms. The minimum atomic E-state index is 0. The van der Waals surface area contributed by atoms with Crippen molar-refractivity contribution in [3.05, 3.63) is 24.3 Å². The van der Waals surface area contributed by atoms with Gasteiger partial charge in [0.1, 0.15) is 0 Å². The molecule has 88 valence electrons. The Hall–Kier alpha value is 0.531. The van der Waals surface area contributed by atoms with Gasteiger partial charge >= 0.3 is 0 Å². The Morgan fingerprint density at radius 1 is 1.33 bits per heavy atom. The Labute approximate surface area is 114 Å². The predicted molar refractivity (Wildman–Crippen MR) is 67.0 cm³/mol. The van der Waals surface area contributed by atoms with Crippen LogP contribution in [0.1, 0.15) is 20.3 Å². The van der Waals surface area contributed by atoms with E-state index in [1.165, 1.54) is 0 Å². The summed E-state index contributed by atoms with van der Waals surface area (Å²) in [7, 11) is 0.120. The van der Waals surface area contributed by atoms with Crippen molar-refractivity contribution >= 4 is 20.7 Å². The second-order valence-electron chi connectivity index (χ2n) is 3.64. The molecule has 0 unspecified atom stereocenters. The molecular weight excluding hydrogens is 263 g/mol. The zero-order valence-corrected chi connectivity index (χ0v) is 13.4. The van der Waals surface area contributed by atoms with E-state index in [1.54, 1.807) is 0 Å². The summed E-state index contributed by atoms with van der Waals surface area (Å²) in [6, 6.07) is 0. The third-order valence-corrected chi connectivity index (χ3v) is 1.12. The molecule has 0 aliphatic heterocycles. The summed E-state index contributed by atoms with van der Waals surface area (Å²) in [6.07, 6.45) is 10.1. The third kappa shape index (κ3) is 40.2. The quantitative estimate of drug-likeness (QED) is 0.517. The van der Waals surface area contributed by atoms with Crippen molar-refractivity contribution < 1.29 is 22.8 Å². The van der Waals surface area contributed by atoms with E-state index in [0.29, 0.717) is 0 Å². The molecule has 0 saturated carbocycles. The molecule has 0 atom stereocenters. The van der Waals surface area contributed by atoms with Crippen molar-refractivity contribution in [3.8, 4) is 0 Å². The average Bonchev–Trinajstić information content (AvgIpc) is 2.59. The van der Waals surface area contributed by atoms with Gasteiger partial charge in [-0.1, -0.05) is 19.6 Å². The van der Waals surface area contributed by atoms with Crippen LogP contribution in [0, 0.1) is 6.08 Å². The van der Waals surface area contributed by atoms with E-state index in [-0.39, 0.29) is 33.5 Å². The van der Waals surface area contributed by atoms with E-state index >= 15 is 0 Å². The fraction of sp³-hybridized carbons (Fsp3) is 0.636. The number of rotatable bonds is 1.